The second-order valence-corrected chi connectivity index (χ2v) is 7.68. The van der Waals surface area contributed by atoms with E-state index in [1.165, 1.54) is 31.0 Å². The molecule has 24 heavy (non-hydrogen) atoms. The summed E-state index contributed by atoms with van der Waals surface area (Å²) in [6.45, 7) is 4.16. The van der Waals surface area contributed by atoms with Crippen LogP contribution in [0.25, 0.3) is 10.9 Å². The number of aryl methyl sites for hydroxylation is 1. The summed E-state index contributed by atoms with van der Waals surface area (Å²) in [4.78, 5) is 23.6. The predicted octanol–water partition coefficient (Wildman–Crippen LogP) is 4.07. The van der Waals surface area contributed by atoms with Gasteiger partial charge in [-0.2, -0.15) is 0 Å². The standard InChI is InChI=1S/C19H25N3OS/c1-13-8-4-7-11-17(13)22(3)18(23)12-24-19-15-9-5-6-10-16(15)20-14(2)21-19/h5-6,9-10,13,17H,4,7-8,11-12H2,1-3H3. The van der Waals surface area contributed by atoms with E-state index < -0.39 is 0 Å². The van der Waals surface area contributed by atoms with Gasteiger partial charge in [-0.3, -0.25) is 4.79 Å². The SMILES string of the molecule is Cc1nc(SCC(=O)N(C)C2CCCCC2C)c2ccccc2n1. The number of fused-ring (bicyclic) bond motifs is 1. The number of aromatic nitrogens is 2. The summed E-state index contributed by atoms with van der Waals surface area (Å²) < 4.78 is 0. The topological polar surface area (TPSA) is 46.1 Å². The molecule has 0 N–H and O–H groups in total. The molecule has 0 saturated heterocycles. The van der Waals surface area contributed by atoms with Crippen molar-refractivity contribution in [2.24, 2.45) is 5.92 Å². The van der Waals surface area contributed by atoms with Crippen molar-refractivity contribution in [3.8, 4) is 0 Å². The zero-order valence-electron chi connectivity index (χ0n) is 14.7. The molecule has 0 bridgehead atoms. The van der Waals surface area contributed by atoms with Gasteiger partial charge in [-0.15, -0.1) is 0 Å². The molecule has 1 aliphatic carbocycles. The third kappa shape index (κ3) is 3.72. The van der Waals surface area contributed by atoms with Gasteiger partial charge in [0.1, 0.15) is 10.9 Å². The van der Waals surface area contributed by atoms with Gasteiger partial charge in [-0.05, 0) is 31.7 Å². The lowest BCUT2D eigenvalue weighted by Gasteiger charge is -2.36. The summed E-state index contributed by atoms with van der Waals surface area (Å²) in [6.07, 6.45) is 4.88. The molecule has 5 heteroatoms. The van der Waals surface area contributed by atoms with Crippen LogP contribution in [0.4, 0.5) is 0 Å². The van der Waals surface area contributed by atoms with Gasteiger partial charge < -0.3 is 4.90 Å². The van der Waals surface area contributed by atoms with Crippen molar-refractivity contribution in [3.05, 3.63) is 30.1 Å². The Kier molecular flexibility index (Phi) is 5.39. The van der Waals surface area contributed by atoms with Crippen molar-refractivity contribution in [2.75, 3.05) is 12.8 Å². The summed E-state index contributed by atoms with van der Waals surface area (Å²) in [5.41, 5.74) is 0.939. The number of carbonyl (C=O) groups is 1. The molecule has 2 atom stereocenters. The van der Waals surface area contributed by atoms with Crippen molar-refractivity contribution in [1.29, 1.82) is 0 Å². The fourth-order valence-corrected chi connectivity index (χ4v) is 4.55. The Morgan fingerprint density at radius 2 is 2.00 bits per heavy atom. The van der Waals surface area contributed by atoms with Crippen molar-refractivity contribution < 1.29 is 4.79 Å². The molecule has 1 saturated carbocycles. The van der Waals surface area contributed by atoms with E-state index >= 15 is 0 Å². The lowest BCUT2D eigenvalue weighted by atomic mass is 9.85. The highest BCUT2D eigenvalue weighted by molar-refractivity contribution is 8.00. The highest BCUT2D eigenvalue weighted by Crippen LogP contribution is 2.29. The summed E-state index contributed by atoms with van der Waals surface area (Å²) in [5, 5.41) is 1.92. The van der Waals surface area contributed by atoms with Gasteiger partial charge in [0.05, 0.1) is 11.3 Å². The fraction of sp³-hybridized carbons (Fsp3) is 0.526. The van der Waals surface area contributed by atoms with Gasteiger partial charge in [-0.1, -0.05) is 49.7 Å². The minimum Gasteiger partial charge on any atom is -0.342 e. The first-order valence-corrected chi connectivity index (χ1v) is 9.66. The number of amides is 1. The zero-order chi connectivity index (χ0) is 17.1. The Labute approximate surface area is 148 Å². The Morgan fingerprint density at radius 1 is 1.25 bits per heavy atom. The highest BCUT2D eigenvalue weighted by Gasteiger charge is 2.27. The summed E-state index contributed by atoms with van der Waals surface area (Å²) in [5.74, 6) is 1.97. The molecule has 1 heterocycles. The van der Waals surface area contributed by atoms with E-state index in [9.17, 15) is 4.79 Å². The minimum absolute atomic E-state index is 0.194. The molecule has 1 amide bonds. The maximum absolute atomic E-state index is 12.6. The van der Waals surface area contributed by atoms with Gasteiger partial charge >= 0.3 is 0 Å². The summed E-state index contributed by atoms with van der Waals surface area (Å²) in [7, 11) is 1.96. The number of rotatable bonds is 4. The van der Waals surface area contributed by atoms with Gasteiger partial charge in [0.2, 0.25) is 5.91 Å². The number of nitrogens with zero attached hydrogens (tertiary/aromatic N) is 3. The van der Waals surface area contributed by atoms with Crippen LogP contribution < -0.4 is 0 Å². The molecule has 0 aliphatic heterocycles. The molecule has 0 radical (unpaired) electrons. The van der Waals surface area contributed by atoms with E-state index in [0.717, 1.165) is 28.2 Å². The normalized spacial score (nSPS) is 21.0. The van der Waals surface area contributed by atoms with Crippen LogP contribution in [-0.2, 0) is 4.79 Å². The molecule has 0 spiro atoms. The molecule has 1 fully saturated rings. The molecular weight excluding hydrogens is 318 g/mol. The van der Waals surface area contributed by atoms with Gasteiger partial charge in [-0.25, -0.2) is 9.97 Å². The molecule has 1 aliphatic rings. The van der Waals surface area contributed by atoms with Crippen LogP contribution in [0.15, 0.2) is 29.3 Å². The van der Waals surface area contributed by atoms with Crippen LogP contribution in [0.2, 0.25) is 0 Å². The van der Waals surface area contributed by atoms with E-state index in [-0.39, 0.29) is 5.91 Å². The third-order valence-corrected chi connectivity index (χ3v) is 5.95. The van der Waals surface area contributed by atoms with Crippen molar-refractivity contribution in [2.45, 2.75) is 50.6 Å². The molecule has 1 aromatic heterocycles. The Morgan fingerprint density at radius 3 is 2.79 bits per heavy atom. The second kappa shape index (κ2) is 7.51. The fourth-order valence-electron chi connectivity index (χ4n) is 3.56. The van der Waals surface area contributed by atoms with Crippen LogP contribution in [0, 0.1) is 12.8 Å². The Hall–Kier alpha value is -1.62. The quantitative estimate of drug-likeness (QED) is 0.620. The van der Waals surface area contributed by atoms with Crippen LogP contribution in [0.3, 0.4) is 0 Å². The molecule has 2 unspecified atom stereocenters. The van der Waals surface area contributed by atoms with E-state index in [2.05, 4.69) is 16.9 Å². The molecule has 2 aromatic rings. The monoisotopic (exact) mass is 343 g/mol. The Bertz CT molecular complexity index is 734. The lowest BCUT2D eigenvalue weighted by Crippen LogP contribution is -2.43. The first-order valence-electron chi connectivity index (χ1n) is 8.68. The maximum Gasteiger partial charge on any atom is 0.232 e. The second-order valence-electron chi connectivity index (χ2n) is 6.72. The highest BCUT2D eigenvalue weighted by atomic mass is 32.2. The van der Waals surface area contributed by atoms with Crippen molar-refractivity contribution in [1.82, 2.24) is 14.9 Å². The zero-order valence-corrected chi connectivity index (χ0v) is 15.5. The largest absolute Gasteiger partial charge is 0.342 e. The predicted molar refractivity (Wildman–Crippen MR) is 99.2 cm³/mol. The van der Waals surface area contributed by atoms with Gasteiger partial charge in [0.15, 0.2) is 0 Å². The average molecular weight is 343 g/mol. The average Bonchev–Trinajstić information content (AvgIpc) is 2.59. The van der Waals surface area contributed by atoms with E-state index in [1.807, 2.05) is 43.1 Å². The van der Waals surface area contributed by atoms with Crippen LogP contribution in [0.1, 0.15) is 38.4 Å². The van der Waals surface area contributed by atoms with E-state index in [1.54, 1.807) is 0 Å². The maximum atomic E-state index is 12.6. The lowest BCUT2D eigenvalue weighted by molar-refractivity contribution is -0.130. The molecule has 3 rings (SSSR count). The number of benzene rings is 1. The van der Waals surface area contributed by atoms with E-state index in [0.29, 0.717) is 17.7 Å². The van der Waals surface area contributed by atoms with E-state index in [4.69, 9.17) is 0 Å². The summed E-state index contributed by atoms with van der Waals surface area (Å²) in [6, 6.07) is 8.37. The number of hydrogen-bond acceptors (Lipinski definition) is 4. The smallest absolute Gasteiger partial charge is 0.232 e. The molecule has 4 nitrogen and oxygen atoms in total. The third-order valence-electron chi connectivity index (χ3n) is 4.97. The first-order chi connectivity index (χ1) is 11.6. The summed E-state index contributed by atoms with van der Waals surface area (Å²) >= 11 is 1.52. The molecule has 128 valence electrons. The van der Waals surface area contributed by atoms with Crippen LogP contribution in [0.5, 0.6) is 0 Å². The number of para-hydroxylation sites is 1. The number of carbonyl (C=O) groups excluding carboxylic acids is 1. The van der Waals surface area contributed by atoms with Crippen molar-refractivity contribution >= 4 is 28.6 Å². The minimum atomic E-state index is 0.194. The molecule has 1 aromatic carbocycles. The van der Waals surface area contributed by atoms with Crippen molar-refractivity contribution in [3.63, 3.8) is 0 Å². The van der Waals surface area contributed by atoms with Crippen LogP contribution in [-0.4, -0.2) is 39.6 Å². The van der Waals surface area contributed by atoms with Gasteiger partial charge in [0, 0.05) is 18.5 Å². The van der Waals surface area contributed by atoms with Gasteiger partial charge in [0.25, 0.3) is 0 Å². The van der Waals surface area contributed by atoms with Crippen LogP contribution >= 0.6 is 11.8 Å². The molecular formula is C19H25N3OS. The first kappa shape index (κ1) is 17.2. The Balaban J connectivity index is 1.70. The number of thioether (sulfide) groups is 1. The number of hydrogen-bond donors (Lipinski definition) is 0.